The smallest absolute Gasteiger partial charge is 0.305 e. The highest BCUT2D eigenvalue weighted by Crippen LogP contribution is 2.38. The van der Waals surface area contributed by atoms with Crippen LogP contribution in [0.4, 0.5) is 0 Å². The fourth-order valence-electron chi connectivity index (χ4n) is 5.39. The van der Waals surface area contributed by atoms with E-state index >= 15 is 0 Å². The summed E-state index contributed by atoms with van der Waals surface area (Å²) in [5.41, 5.74) is 0.149. The van der Waals surface area contributed by atoms with Crippen molar-refractivity contribution in [2.75, 3.05) is 7.11 Å². The number of aliphatic hydroxyl groups is 1. The van der Waals surface area contributed by atoms with E-state index in [2.05, 4.69) is 26.8 Å². The molecule has 2 heterocycles. The number of ether oxygens (including phenoxy) is 3. The molecule has 6 nitrogen and oxygen atoms in total. The SMILES string of the molecule is COC1C(C)OC(C(C)(O)CC(C)/C=C/C=C(\C)[C@H]2O[C@@H](CC(=O)O)CC[C@@H]2C)C1C. The van der Waals surface area contributed by atoms with Crippen molar-refractivity contribution in [1.29, 1.82) is 0 Å². The molecule has 0 aromatic rings. The summed E-state index contributed by atoms with van der Waals surface area (Å²) in [5.74, 6) is -0.162. The van der Waals surface area contributed by atoms with Crippen LogP contribution in [0.5, 0.6) is 0 Å². The molecule has 0 saturated carbocycles. The number of carboxylic acid groups (broad SMARTS) is 1. The standard InChI is InChI=1S/C25H42O6/c1-15(14-25(6,28)24-18(4)23(29-7)19(5)30-24)9-8-10-16(2)22-17(3)11-12-20(31-22)13-21(26)27/h8-10,15,17-20,22-24,28H,11-14H2,1-7H3,(H,26,27)/b9-8+,16-10+/t15?,17-,18?,19?,20+,22+,23?,24?,25?/m0/s1. The van der Waals surface area contributed by atoms with Gasteiger partial charge in [-0.15, -0.1) is 0 Å². The number of allylic oxidation sites excluding steroid dienone is 3. The molecule has 2 rings (SSSR count). The molecule has 178 valence electrons. The second-order valence-electron chi connectivity index (χ2n) is 9.99. The van der Waals surface area contributed by atoms with Gasteiger partial charge >= 0.3 is 5.97 Å². The van der Waals surface area contributed by atoms with Crippen LogP contribution in [0.25, 0.3) is 0 Å². The molecule has 6 unspecified atom stereocenters. The molecule has 0 amide bonds. The molecule has 31 heavy (non-hydrogen) atoms. The molecule has 9 atom stereocenters. The third-order valence-corrected chi connectivity index (χ3v) is 6.89. The monoisotopic (exact) mass is 438 g/mol. The normalized spacial score (nSPS) is 37.7. The molecule has 2 fully saturated rings. The summed E-state index contributed by atoms with van der Waals surface area (Å²) in [6, 6.07) is 0. The van der Waals surface area contributed by atoms with Crippen molar-refractivity contribution in [3.63, 3.8) is 0 Å². The Morgan fingerprint density at radius 2 is 1.94 bits per heavy atom. The van der Waals surface area contributed by atoms with Gasteiger partial charge in [0.05, 0.1) is 42.5 Å². The first-order valence-corrected chi connectivity index (χ1v) is 11.6. The van der Waals surface area contributed by atoms with Crippen molar-refractivity contribution in [3.8, 4) is 0 Å². The minimum Gasteiger partial charge on any atom is -0.481 e. The number of aliphatic carboxylic acids is 1. The Kier molecular flexibility index (Phi) is 9.31. The predicted molar refractivity (Wildman–Crippen MR) is 121 cm³/mol. The Labute approximate surface area is 187 Å². The summed E-state index contributed by atoms with van der Waals surface area (Å²) in [7, 11) is 1.69. The molecule has 0 aromatic carbocycles. The lowest BCUT2D eigenvalue weighted by molar-refractivity contribution is -0.143. The van der Waals surface area contributed by atoms with E-state index in [9.17, 15) is 9.90 Å². The van der Waals surface area contributed by atoms with E-state index in [1.165, 1.54) is 0 Å². The Bertz CT molecular complexity index is 654. The fraction of sp³-hybridized carbons (Fsp3) is 0.800. The molecule has 0 radical (unpaired) electrons. The van der Waals surface area contributed by atoms with Crippen LogP contribution in [0.2, 0.25) is 0 Å². The van der Waals surface area contributed by atoms with E-state index in [-0.39, 0.29) is 48.8 Å². The molecule has 2 aliphatic heterocycles. The van der Waals surface area contributed by atoms with E-state index in [0.717, 1.165) is 18.4 Å². The Hall–Kier alpha value is -1.21. The average Bonchev–Trinajstić information content (AvgIpc) is 2.96. The second kappa shape index (κ2) is 11.1. The number of hydrogen-bond acceptors (Lipinski definition) is 5. The first-order chi connectivity index (χ1) is 14.5. The Balaban J connectivity index is 1.95. The molecule has 2 N–H and O–H groups in total. The predicted octanol–water partition coefficient (Wildman–Crippen LogP) is 4.36. The van der Waals surface area contributed by atoms with Crippen LogP contribution >= 0.6 is 0 Å². The van der Waals surface area contributed by atoms with Crippen molar-refractivity contribution in [3.05, 3.63) is 23.8 Å². The summed E-state index contributed by atoms with van der Waals surface area (Å²) in [6.45, 7) is 12.2. The van der Waals surface area contributed by atoms with Gasteiger partial charge in [0.15, 0.2) is 0 Å². The molecule has 2 aliphatic rings. The largest absolute Gasteiger partial charge is 0.481 e. The zero-order valence-electron chi connectivity index (χ0n) is 20.2. The minimum absolute atomic E-state index is 0.00431. The molecule has 0 spiro atoms. The summed E-state index contributed by atoms with van der Waals surface area (Å²) < 4.78 is 17.7. The minimum atomic E-state index is -0.950. The van der Waals surface area contributed by atoms with E-state index in [4.69, 9.17) is 19.3 Å². The number of methoxy groups -OCH3 is 1. The van der Waals surface area contributed by atoms with Crippen LogP contribution in [0.3, 0.4) is 0 Å². The fourth-order valence-corrected chi connectivity index (χ4v) is 5.39. The lowest BCUT2D eigenvalue weighted by Crippen LogP contribution is -2.44. The van der Waals surface area contributed by atoms with Gasteiger partial charge in [-0.2, -0.15) is 0 Å². The van der Waals surface area contributed by atoms with Crippen molar-refractivity contribution in [2.24, 2.45) is 17.8 Å². The first-order valence-electron chi connectivity index (χ1n) is 11.6. The van der Waals surface area contributed by atoms with Gasteiger partial charge in [-0.3, -0.25) is 4.79 Å². The van der Waals surface area contributed by atoms with Crippen LogP contribution in [0.1, 0.15) is 67.2 Å². The molecule has 0 aromatic heterocycles. The number of carbonyl (C=O) groups is 1. The highest BCUT2D eigenvalue weighted by molar-refractivity contribution is 5.67. The van der Waals surface area contributed by atoms with Gasteiger partial charge < -0.3 is 24.4 Å². The van der Waals surface area contributed by atoms with Gasteiger partial charge in [-0.05, 0) is 57.4 Å². The van der Waals surface area contributed by atoms with Crippen LogP contribution in [-0.2, 0) is 19.0 Å². The number of carboxylic acids is 1. The summed E-state index contributed by atoms with van der Waals surface area (Å²) in [4.78, 5) is 11.0. The number of hydrogen-bond donors (Lipinski definition) is 2. The molecule has 0 bridgehead atoms. The maximum Gasteiger partial charge on any atom is 0.305 e. The maximum absolute atomic E-state index is 11.1. The summed E-state index contributed by atoms with van der Waals surface area (Å²) in [5, 5.41) is 20.2. The van der Waals surface area contributed by atoms with E-state index < -0.39 is 11.6 Å². The van der Waals surface area contributed by atoms with E-state index in [1.54, 1.807) is 7.11 Å². The molecule has 0 aliphatic carbocycles. The molecular formula is C25H42O6. The lowest BCUT2D eigenvalue weighted by atomic mass is 9.81. The average molecular weight is 439 g/mol. The Morgan fingerprint density at radius 1 is 1.26 bits per heavy atom. The van der Waals surface area contributed by atoms with E-state index in [0.29, 0.717) is 12.3 Å². The highest BCUT2D eigenvalue weighted by Gasteiger charge is 2.48. The van der Waals surface area contributed by atoms with Gasteiger partial charge in [0.2, 0.25) is 0 Å². The molecule has 6 heteroatoms. The highest BCUT2D eigenvalue weighted by atomic mass is 16.6. The van der Waals surface area contributed by atoms with Crippen molar-refractivity contribution in [1.82, 2.24) is 0 Å². The van der Waals surface area contributed by atoms with Crippen LogP contribution < -0.4 is 0 Å². The zero-order valence-corrected chi connectivity index (χ0v) is 20.2. The third kappa shape index (κ3) is 6.88. The summed E-state index contributed by atoms with van der Waals surface area (Å²) >= 11 is 0. The van der Waals surface area contributed by atoms with Gasteiger partial charge in [0.1, 0.15) is 0 Å². The first kappa shape index (κ1) is 26.0. The van der Waals surface area contributed by atoms with Crippen molar-refractivity contribution >= 4 is 5.97 Å². The maximum atomic E-state index is 11.1. The summed E-state index contributed by atoms with van der Waals surface area (Å²) in [6.07, 6.45) is 8.01. The number of rotatable bonds is 9. The van der Waals surface area contributed by atoms with Crippen LogP contribution in [-0.4, -0.2) is 59.4 Å². The molecule has 2 saturated heterocycles. The zero-order chi connectivity index (χ0) is 23.3. The topological polar surface area (TPSA) is 85.2 Å². The van der Waals surface area contributed by atoms with Crippen LogP contribution in [0.15, 0.2) is 23.8 Å². The van der Waals surface area contributed by atoms with E-state index in [1.807, 2.05) is 32.9 Å². The van der Waals surface area contributed by atoms with Crippen LogP contribution in [0, 0.1) is 17.8 Å². The van der Waals surface area contributed by atoms with Gasteiger partial charge in [0.25, 0.3) is 0 Å². The van der Waals surface area contributed by atoms with Gasteiger partial charge in [0, 0.05) is 13.0 Å². The Morgan fingerprint density at radius 3 is 2.52 bits per heavy atom. The molecular weight excluding hydrogens is 396 g/mol. The lowest BCUT2D eigenvalue weighted by Gasteiger charge is -2.35. The quantitative estimate of drug-likeness (QED) is 0.520. The second-order valence-corrected chi connectivity index (χ2v) is 9.99. The third-order valence-electron chi connectivity index (χ3n) is 6.89. The van der Waals surface area contributed by atoms with Gasteiger partial charge in [-0.25, -0.2) is 0 Å². The van der Waals surface area contributed by atoms with Crippen molar-refractivity contribution in [2.45, 2.75) is 103 Å². The van der Waals surface area contributed by atoms with Gasteiger partial charge in [-0.1, -0.05) is 39.0 Å². The van der Waals surface area contributed by atoms with Crippen molar-refractivity contribution < 1.29 is 29.2 Å².